The first-order valence-corrected chi connectivity index (χ1v) is 8.82. The van der Waals surface area contributed by atoms with Gasteiger partial charge in [-0.15, -0.1) is 0 Å². The number of hydrogen-bond donors (Lipinski definition) is 3. The second-order valence-electron chi connectivity index (χ2n) is 6.50. The summed E-state index contributed by atoms with van der Waals surface area (Å²) >= 11 is 0. The number of amides is 2. The zero-order chi connectivity index (χ0) is 21.4. The van der Waals surface area contributed by atoms with Gasteiger partial charge >= 0.3 is 5.97 Å². The number of benzene rings is 2. The van der Waals surface area contributed by atoms with E-state index in [0.717, 1.165) is 0 Å². The van der Waals surface area contributed by atoms with E-state index in [1.165, 1.54) is 31.2 Å². The average Bonchev–Trinajstić information content (AvgIpc) is 2.68. The summed E-state index contributed by atoms with van der Waals surface area (Å²) in [6.07, 6.45) is 0.0435. The minimum atomic E-state index is -1.25. The number of nitriles is 1. The molecule has 0 aliphatic carbocycles. The minimum absolute atomic E-state index is 0.0278. The normalized spacial score (nSPS) is 12.3. The van der Waals surface area contributed by atoms with E-state index in [1.807, 2.05) is 6.07 Å². The van der Waals surface area contributed by atoms with Crippen molar-refractivity contribution in [3.63, 3.8) is 0 Å². The molecule has 2 rings (SSSR count). The summed E-state index contributed by atoms with van der Waals surface area (Å²) in [4.78, 5) is 35.8. The van der Waals surface area contributed by atoms with Crippen LogP contribution < -0.4 is 10.6 Å². The van der Waals surface area contributed by atoms with Crippen LogP contribution in [0.1, 0.15) is 23.6 Å². The lowest BCUT2D eigenvalue weighted by Gasteiger charge is -2.21. The standard InChI is InChI=1S/C21H20FN3O4/c1-13(26)24-18(10-14-5-7-17(22)8-6-14)20(27)25-19(21(28)29)11-15-3-2-4-16(9-15)12-23/h2-9,18-19H,10-11H2,1H3,(H,24,26)(H,25,27)(H,28,29)/t18-,19+/m0/s1. The molecule has 0 saturated carbocycles. The van der Waals surface area contributed by atoms with Crippen LogP contribution in [-0.4, -0.2) is 35.0 Å². The van der Waals surface area contributed by atoms with Crippen molar-refractivity contribution in [2.45, 2.75) is 31.8 Å². The van der Waals surface area contributed by atoms with E-state index in [4.69, 9.17) is 5.26 Å². The number of carboxylic acids is 1. The number of carbonyl (C=O) groups excluding carboxylic acids is 2. The van der Waals surface area contributed by atoms with Gasteiger partial charge in [-0.3, -0.25) is 9.59 Å². The fourth-order valence-corrected chi connectivity index (χ4v) is 2.79. The van der Waals surface area contributed by atoms with Crippen molar-refractivity contribution in [2.24, 2.45) is 0 Å². The zero-order valence-corrected chi connectivity index (χ0v) is 15.7. The summed E-state index contributed by atoms with van der Waals surface area (Å²) in [7, 11) is 0. The number of carbonyl (C=O) groups is 3. The molecule has 2 aromatic rings. The van der Waals surface area contributed by atoms with Gasteiger partial charge in [0.2, 0.25) is 11.8 Å². The smallest absolute Gasteiger partial charge is 0.326 e. The maximum Gasteiger partial charge on any atom is 0.326 e. The summed E-state index contributed by atoms with van der Waals surface area (Å²) in [5.41, 5.74) is 1.56. The largest absolute Gasteiger partial charge is 0.480 e. The second-order valence-corrected chi connectivity index (χ2v) is 6.50. The molecule has 0 fully saturated rings. The lowest BCUT2D eigenvalue weighted by Crippen LogP contribution is -2.52. The van der Waals surface area contributed by atoms with Crippen molar-refractivity contribution in [3.05, 3.63) is 71.0 Å². The Morgan fingerprint density at radius 1 is 1.03 bits per heavy atom. The molecule has 0 unspecified atom stereocenters. The topological polar surface area (TPSA) is 119 Å². The minimum Gasteiger partial charge on any atom is -0.480 e. The first kappa shape index (κ1) is 21.6. The Morgan fingerprint density at radius 3 is 2.28 bits per heavy atom. The molecule has 2 amide bonds. The molecule has 0 aliphatic rings. The first-order chi connectivity index (χ1) is 13.8. The SMILES string of the molecule is CC(=O)N[C@@H](Cc1ccc(F)cc1)C(=O)N[C@H](Cc1cccc(C#N)c1)C(=O)O. The van der Waals surface area contributed by atoms with Crippen LogP contribution in [0.5, 0.6) is 0 Å². The van der Waals surface area contributed by atoms with E-state index in [2.05, 4.69) is 10.6 Å². The Labute approximate surface area is 167 Å². The van der Waals surface area contributed by atoms with Crippen LogP contribution in [-0.2, 0) is 27.2 Å². The Hall–Kier alpha value is -3.73. The molecule has 0 heterocycles. The average molecular weight is 397 g/mol. The van der Waals surface area contributed by atoms with Crippen LogP contribution in [0.25, 0.3) is 0 Å². The van der Waals surface area contributed by atoms with Crippen LogP contribution in [0.15, 0.2) is 48.5 Å². The van der Waals surface area contributed by atoms with Crippen LogP contribution in [0.4, 0.5) is 4.39 Å². The lowest BCUT2D eigenvalue weighted by atomic mass is 10.0. The van der Waals surface area contributed by atoms with Crippen LogP contribution in [0.2, 0.25) is 0 Å². The lowest BCUT2D eigenvalue weighted by molar-refractivity contribution is -0.142. The predicted octanol–water partition coefficient (Wildman–Crippen LogP) is 1.56. The van der Waals surface area contributed by atoms with E-state index in [1.54, 1.807) is 24.3 Å². The highest BCUT2D eigenvalue weighted by Crippen LogP contribution is 2.10. The van der Waals surface area contributed by atoms with Gasteiger partial charge in [0.15, 0.2) is 0 Å². The molecular weight excluding hydrogens is 377 g/mol. The monoisotopic (exact) mass is 397 g/mol. The first-order valence-electron chi connectivity index (χ1n) is 8.82. The predicted molar refractivity (Wildman–Crippen MR) is 102 cm³/mol. The molecular formula is C21H20FN3O4. The molecule has 29 heavy (non-hydrogen) atoms. The molecule has 2 atom stereocenters. The third-order valence-corrected chi connectivity index (χ3v) is 4.16. The van der Waals surface area contributed by atoms with Gasteiger partial charge in [-0.25, -0.2) is 9.18 Å². The number of rotatable bonds is 8. The van der Waals surface area contributed by atoms with Gasteiger partial charge < -0.3 is 15.7 Å². The van der Waals surface area contributed by atoms with E-state index in [9.17, 15) is 23.9 Å². The van der Waals surface area contributed by atoms with Gasteiger partial charge in [-0.1, -0.05) is 24.3 Å². The number of carboxylic acid groups (broad SMARTS) is 1. The van der Waals surface area contributed by atoms with Crippen molar-refractivity contribution in [1.82, 2.24) is 10.6 Å². The fraction of sp³-hybridized carbons (Fsp3) is 0.238. The van der Waals surface area contributed by atoms with Crippen LogP contribution >= 0.6 is 0 Å². The molecule has 0 bridgehead atoms. The number of nitrogens with zero attached hydrogens (tertiary/aromatic N) is 1. The van der Waals surface area contributed by atoms with Crippen molar-refractivity contribution >= 4 is 17.8 Å². The van der Waals surface area contributed by atoms with Gasteiger partial charge in [-0.05, 0) is 35.4 Å². The van der Waals surface area contributed by atoms with Gasteiger partial charge in [-0.2, -0.15) is 5.26 Å². The summed E-state index contributed by atoms with van der Waals surface area (Å²) in [5.74, 6) is -2.81. The molecule has 0 saturated heterocycles. The summed E-state index contributed by atoms with van der Waals surface area (Å²) in [6.45, 7) is 1.24. The molecule has 3 N–H and O–H groups in total. The third-order valence-electron chi connectivity index (χ3n) is 4.16. The zero-order valence-electron chi connectivity index (χ0n) is 15.7. The molecule has 0 spiro atoms. The Kier molecular flexibility index (Phi) is 7.43. The van der Waals surface area contributed by atoms with E-state index in [-0.39, 0.29) is 12.8 Å². The Balaban J connectivity index is 2.14. The summed E-state index contributed by atoms with van der Waals surface area (Å²) in [6, 6.07) is 11.6. The van der Waals surface area contributed by atoms with Gasteiger partial charge in [0.05, 0.1) is 11.6 Å². The maximum atomic E-state index is 13.1. The van der Waals surface area contributed by atoms with Crippen molar-refractivity contribution in [2.75, 3.05) is 0 Å². The molecule has 0 aliphatic heterocycles. The Bertz CT molecular complexity index is 938. The van der Waals surface area contributed by atoms with Crippen LogP contribution in [0.3, 0.4) is 0 Å². The highest BCUT2D eigenvalue weighted by atomic mass is 19.1. The molecule has 7 nitrogen and oxygen atoms in total. The van der Waals surface area contributed by atoms with Crippen LogP contribution in [0, 0.1) is 17.1 Å². The second kappa shape index (κ2) is 9.99. The number of nitrogens with one attached hydrogen (secondary N) is 2. The molecule has 0 radical (unpaired) electrons. The molecule has 8 heteroatoms. The molecule has 0 aromatic heterocycles. The highest BCUT2D eigenvalue weighted by Gasteiger charge is 2.26. The maximum absolute atomic E-state index is 13.1. The fourth-order valence-electron chi connectivity index (χ4n) is 2.79. The summed E-state index contributed by atoms with van der Waals surface area (Å²) in [5, 5.41) is 23.4. The van der Waals surface area contributed by atoms with Crippen molar-refractivity contribution in [1.29, 1.82) is 5.26 Å². The van der Waals surface area contributed by atoms with E-state index < -0.39 is 35.7 Å². The molecule has 150 valence electrons. The number of aliphatic carboxylic acids is 1. The summed E-state index contributed by atoms with van der Waals surface area (Å²) < 4.78 is 13.1. The third kappa shape index (κ3) is 6.74. The van der Waals surface area contributed by atoms with Gasteiger partial charge in [0.25, 0.3) is 0 Å². The molecule has 2 aromatic carbocycles. The Morgan fingerprint density at radius 2 is 1.69 bits per heavy atom. The van der Waals surface area contributed by atoms with Crippen molar-refractivity contribution < 1.29 is 23.9 Å². The van der Waals surface area contributed by atoms with Crippen molar-refractivity contribution in [3.8, 4) is 6.07 Å². The number of hydrogen-bond acceptors (Lipinski definition) is 4. The van der Waals surface area contributed by atoms with Gasteiger partial charge in [0, 0.05) is 19.8 Å². The highest BCUT2D eigenvalue weighted by molar-refractivity contribution is 5.90. The quantitative estimate of drug-likeness (QED) is 0.624. The van der Waals surface area contributed by atoms with E-state index >= 15 is 0 Å². The van der Waals surface area contributed by atoms with Gasteiger partial charge in [0.1, 0.15) is 17.9 Å². The number of halogens is 1. The van der Waals surface area contributed by atoms with E-state index in [0.29, 0.717) is 16.7 Å².